The van der Waals surface area contributed by atoms with Gasteiger partial charge in [-0.2, -0.15) is 17.6 Å². The number of carbonyl (C=O) groups is 3. The number of hydrogen-bond donors (Lipinski definition) is 2. The van der Waals surface area contributed by atoms with Gasteiger partial charge in [-0.1, -0.05) is 44.2 Å². The van der Waals surface area contributed by atoms with Crippen LogP contribution in [0.5, 0.6) is 0 Å². The average molecular weight is 494 g/mol. The molecule has 0 aliphatic heterocycles. The van der Waals surface area contributed by atoms with Gasteiger partial charge in [-0.15, -0.1) is 0 Å². The zero-order valence-corrected chi connectivity index (χ0v) is 18.9. The molecule has 192 valence electrons. The van der Waals surface area contributed by atoms with Gasteiger partial charge in [-0.25, -0.2) is 0 Å². The van der Waals surface area contributed by atoms with Gasteiger partial charge in [0.25, 0.3) is 0 Å². The van der Waals surface area contributed by atoms with Gasteiger partial charge >= 0.3 is 19.2 Å². The zero-order chi connectivity index (χ0) is 25.7. The lowest BCUT2D eigenvalue weighted by Gasteiger charge is -2.23. The number of hydrogen-bond acceptors (Lipinski definition) is 7. The second-order valence-corrected chi connectivity index (χ2v) is 7.95. The predicted molar refractivity (Wildman–Crippen MR) is 113 cm³/mol. The van der Waals surface area contributed by atoms with E-state index in [1.165, 1.54) is 0 Å². The van der Waals surface area contributed by atoms with Crippen molar-refractivity contribution in [1.82, 2.24) is 5.32 Å². The molecule has 34 heavy (non-hydrogen) atoms. The van der Waals surface area contributed by atoms with Crippen molar-refractivity contribution >= 4 is 17.7 Å². The number of nitrogens with two attached hydrogens (primary N) is 1. The van der Waals surface area contributed by atoms with Gasteiger partial charge in [-0.05, 0) is 17.9 Å². The van der Waals surface area contributed by atoms with Crippen molar-refractivity contribution in [1.29, 1.82) is 0 Å². The molecule has 0 fully saturated rings. The maximum atomic E-state index is 12.8. The third-order valence-electron chi connectivity index (χ3n) is 4.59. The fraction of sp³-hybridized carbons (Fsp3) is 0.591. The van der Waals surface area contributed by atoms with E-state index in [0.717, 1.165) is 5.56 Å². The minimum Gasteiger partial charge on any atom is -0.461 e. The zero-order valence-electron chi connectivity index (χ0n) is 18.9. The van der Waals surface area contributed by atoms with Crippen molar-refractivity contribution in [3.63, 3.8) is 0 Å². The van der Waals surface area contributed by atoms with E-state index in [0.29, 0.717) is 0 Å². The van der Waals surface area contributed by atoms with Crippen LogP contribution in [0.25, 0.3) is 0 Å². The van der Waals surface area contributed by atoms with Gasteiger partial charge in [0, 0.05) is 6.42 Å². The Morgan fingerprint density at radius 1 is 0.971 bits per heavy atom. The number of benzene rings is 1. The summed E-state index contributed by atoms with van der Waals surface area (Å²) in [4.78, 5) is 37.6. The first-order chi connectivity index (χ1) is 16.0. The van der Waals surface area contributed by atoms with E-state index in [4.69, 9.17) is 10.5 Å². The lowest BCUT2D eigenvalue weighted by Crippen LogP contribution is -2.52. The third kappa shape index (κ3) is 12.1. The molecule has 0 saturated carbocycles. The van der Waals surface area contributed by atoms with Gasteiger partial charge in [0.2, 0.25) is 5.91 Å². The van der Waals surface area contributed by atoms with Crippen LogP contribution < -0.4 is 11.1 Å². The first-order valence-electron chi connectivity index (χ1n) is 10.6. The topological polar surface area (TPSA) is 117 Å². The van der Waals surface area contributed by atoms with Crippen molar-refractivity contribution in [3.05, 3.63) is 35.9 Å². The molecule has 3 atom stereocenters. The predicted octanol–water partition coefficient (Wildman–Crippen LogP) is 2.64. The SMILES string of the molecule is CC(C)C[C@H](CC(=O)[C@H](COC(F)F)NC(=O)[C@@H](N)COC(F)F)C(=O)OCc1ccccc1. The number of halogens is 4. The molecule has 8 nitrogen and oxygen atoms in total. The summed E-state index contributed by atoms with van der Waals surface area (Å²) in [5, 5.41) is 2.10. The molecule has 1 aromatic carbocycles. The van der Waals surface area contributed by atoms with Crippen molar-refractivity contribution in [3.8, 4) is 0 Å². The van der Waals surface area contributed by atoms with Gasteiger partial charge in [0.1, 0.15) is 18.7 Å². The summed E-state index contributed by atoms with van der Waals surface area (Å²) in [6.45, 7) is -4.54. The summed E-state index contributed by atoms with van der Waals surface area (Å²) >= 11 is 0. The number of alkyl halides is 4. The van der Waals surface area contributed by atoms with Gasteiger partial charge in [-0.3, -0.25) is 14.4 Å². The molecule has 0 heterocycles. The summed E-state index contributed by atoms with van der Waals surface area (Å²) in [5.74, 6) is -3.43. The van der Waals surface area contributed by atoms with Crippen molar-refractivity contribution < 1.29 is 46.2 Å². The van der Waals surface area contributed by atoms with E-state index in [1.807, 2.05) is 13.8 Å². The quantitative estimate of drug-likeness (QED) is 0.268. The van der Waals surface area contributed by atoms with Crippen LogP contribution in [-0.2, 0) is 35.2 Å². The molecule has 1 amide bonds. The maximum absolute atomic E-state index is 12.8. The average Bonchev–Trinajstić information content (AvgIpc) is 2.77. The Morgan fingerprint density at radius 2 is 1.56 bits per heavy atom. The Morgan fingerprint density at radius 3 is 2.12 bits per heavy atom. The lowest BCUT2D eigenvalue weighted by molar-refractivity contribution is -0.155. The minimum atomic E-state index is -3.23. The Balaban J connectivity index is 2.85. The monoisotopic (exact) mass is 494 g/mol. The van der Waals surface area contributed by atoms with E-state index in [1.54, 1.807) is 30.3 Å². The smallest absolute Gasteiger partial charge is 0.345 e. The Kier molecular flexibility index (Phi) is 13.3. The lowest BCUT2D eigenvalue weighted by atomic mass is 9.90. The molecular weight excluding hydrogens is 464 g/mol. The Labute approximate surface area is 195 Å². The van der Waals surface area contributed by atoms with Crippen molar-refractivity contribution in [2.75, 3.05) is 13.2 Å². The molecule has 1 rings (SSSR count). The fourth-order valence-corrected chi connectivity index (χ4v) is 2.98. The maximum Gasteiger partial charge on any atom is 0.345 e. The number of esters is 1. The summed E-state index contributed by atoms with van der Waals surface area (Å²) in [5.41, 5.74) is 6.17. The van der Waals surface area contributed by atoms with Crippen molar-refractivity contribution in [2.24, 2.45) is 17.6 Å². The molecular formula is C22H30F4N2O6. The number of ether oxygens (including phenoxy) is 3. The molecule has 0 aliphatic rings. The van der Waals surface area contributed by atoms with Crippen LogP contribution >= 0.6 is 0 Å². The normalized spacial score (nSPS) is 14.2. The molecule has 0 radical (unpaired) electrons. The minimum absolute atomic E-state index is 0.00708. The van der Waals surface area contributed by atoms with Crippen LogP contribution in [0, 0.1) is 11.8 Å². The molecule has 1 aromatic rings. The second-order valence-electron chi connectivity index (χ2n) is 7.95. The van der Waals surface area contributed by atoms with Crippen molar-refractivity contribution in [2.45, 2.75) is 58.6 Å². The van der Waals surface area contributed by atoms with Crippen LogP contribution in [0.15, 0.2) is 30.3 Å². The molecule has 0 unspecified atom stereocenters. The second kappa shape index (κ2) is 15.4. The molecule has 12 heteroatoms. The summed E-state index contributed by atoms with van der Waals surface area (Å²) in [6, 6.07) is 5.67. The largest absolute Gasteiger partial charge is 0.461 e. The molecule has 0 saturated heterocycles. The number of amides is 1. The highest BCUT2D eigenvalue weighted by atomic mass is 19.3. The summed E-state index contributed by atoms with van der Waals surface area (Å²) in [7, 11) is 0. The van der Waals surface area contributed by atoms with E-state index >= 15 is 0 Å². The van der Waals surface area contributed by atoms with E-state index in [2.05, 4.69) is 14.8 Å². The highest BCUT2D eigenvalue weighted by Crippen LogP contribution is 2.20. The van der Waals surface area contributed by atoms with Crippen LogP contribution in [0.3, 0.4) is 0 Å². The Bertz CT molecular complexity index is 767. The van der Waals surface area contributed by atoms with E-state index in [-0.39, 0.29) is 18.9 Å². The number of Topliss-reactive ketones (excluding diaryl/α,β-unsaturated/α-hetero) is 1. The number of rotatable bonds is 16. The highest BCUT2D eigenvalue weighted by Gasteiger charge is 2.31. The van der Waals surface area contributed by atoms with Crippen LogP contribution in [0.4, 0.5) is 17.6 Å². The van der Waals surface area contributed by atoms with E-state index < -0.39 is 68.5 Å². The highest BCUT2D eigenvalue weighted by molar-refractivity contribution is 5.92. The van der Waals surface area contributed by atoms with Gasteiger partial charge in [0.05, 0.1) is 19.1 Å². The molecule has 0 spiro atoms. The van der Waals surface area contributed by atoms with Crippen LogP contribution in [0.1, 0.15) is 32.3 Å². The van der Waals surface area contributed by atoms with Gasteiger partial charge in [0.15, 0.2) is 5.78 Å². The van der Waals surface area contributed by atoms with Crippen LogP contribution in [0.2, 0.25) is 0 Å². The molecule has 0 bridgehead atoms. The van der Waals surface area contributed by atoms with E-state index in [9.17, 15) is 31.9 Å². The summed E-state index contributed by atoms with van der Waals surface area (Å²) in [6.07, 6.45) is -0.163. The third-order valence-corrected chi connectivity index (χ3v) is 4.59. The Hall–Kier alpha value is -2.57. The van der Waals surface area contributed by atoms with Gasteiger partial charge < -0.3 is 25.3 Å². The molecule has 0 aliphatic carbocycles. The molecule has 0 aromatic heterocycles. The number of nitrogens with one attached hydrogen (secondary N) is 1. The molecule has 3 N–H and O–H groups in total. The summed E-state index contributed by atoms with van der Waals surface area (Å²) < 4.78 is 62.8. The first kappa shape index (κ1) is 29.5. The fourth-order valence-electron chi connectivity index (χ4n) is 2.98. The number of carbonyl (C=O) groups excluding carboxylic acids is 3. The standard InChI is InChI=1S/C22H30F4N2O6/c1-13(2)8-15(20(31)32-10-14-6-4-3-5-7-14)9-18(29)17(12-34-22(25)26)28-19(30)16(27)11-33-21(23)24/h3-7,13,15-17,21-22H,8-12,27H2,1-2H3,(H,28,30)/t15-,16+,17+/m1/s1. The van der Waals surface area contributed by atoms with Crippen LogP contribution in [-0.4, -0.2) is 56.2 Å². The first-order valence-corrected chi connectivity index (χ1v) is 10.6. The number of ketones is 1.